The molecule has 1 nitrogen and oxygen atoms in total. The number of ether oxygens (including phenoxy) is 1. The average Bonchev–Trinajstić information content (AvgIpc) is 2.63. The van der Waals surface area contributed by atoms with Crippen LogP contribution in [0.5, 0.6) is 0 Å². The van der Waals surface area contributed by atoms with E-state index in [4.69, 9.17) is 0 Å². The maximum atomic E-state index is 4.25. The first-order chi connectivity index (χ1) is 12.5. The summed E-state index contributed by atoms with van der Waals surface area (Å²) in [5, 5.41) is 0. The molecule has 0 heterocycles. The second-order valence-corrected chi connectivity index (χ2v) is 6.58. The fourth-order valence-corrected chi connectivity index (χ4v) is 2.53. The van der Waals surface area contributed by atoms with Crippen LogP contribution in [0.3, 0.4) is 0 Å². The van der Waals surface area contributed by atoms with Crippen molar-refractivity contribution in [3.05, 3.63) is 106 Å². The minimum absolute atomic E-state index is 1.03. The Bertz CT molecular complexity index is 658. The van der Waals surface area contributed by atoms with Gasteiger partial charge in [-0.15, -0.1) is 0 Å². The van der Waals surface area contributed by atoms with Crippen LogP contribution < -0.4 is 0 Å². The molecule has 0 aliphatic carbocycles. The molecule has 0 aliphatic heterocycles. The van der Waals surface area contributed by atoms with Crippen molar-refractivity contribution in [3.8, 4) is 0 Å². The number of methoxy groups -OCH3 is 1. The zero-order valence-electron chi connectivity index (χ0n) is 17.0. The van der Waals surface area contributed by atoms with E-state index < -0.39 is 0 Å². The highest BCUT2D eigenvalue weighted by molar-refractivity contribution is 5.35. The SMILES string of the molecule is COC.Cc1cc(C)c(C)cc1C.c1ccc(Cc2ccccc2)cc1. The van der Waals surface area contributed by atoms with Crippen molar-refractivity contribution >= 4 is 0 Å². The van der Waals surface area contributed by atoms with Gasteiger partial charge in [-0.3, -0.25) is 0 Å². The lowest BCUT2D eigenvalue weighted by atomic mass is 10.0. The van der Waals surface area contributed by atoms with Crippen molar-refractivity contribution < 1.29 is 4.74 Å². The number of rotatable bonds is 2. The number of aryl methyl sites for hydroxylation is 4. The Morgan fingerprint density at radius 3 is 1.08 bits per heavy atom. The Balaban J connectivity index is 0.000000233. The van der Waals surface area contributed by atoms with Crippen molar-refractivity contribution in [3.63, 3.8) is 0 Å². The molecule has 0 aliphatic rings. The van der Waals surface area contributed by atoms with Gasteiger partial charge in [-0.05, 0) is 67.5 Å². The van der Waals surface area contributed by atoms with Crippen LogP contribution in [-0.4, -0.2) is 14.2 Å². The standard InChI is InChI=1S/C13H12.C10H14.C2H6O/c1-3-7-12(8-4-1)11-13-9-5-2-6-10-13;1-7-5-9(3)10(4)6-8(7)2;1-3-2/h1-10H,11H2;5-6H,1-4H3;1-2H3. The molecule has 1 heteroatoms. The van der Waals surface area contributed by atoms with Crippen LogP contribution in [0.4, 0.5) is 0 Å². The lowest BCUT2D eigenvalue weighted by Gasteiger charge is -2.04. The van der Waals surface area contributed by atoms with E-state index in [2.05, 4.69) is 105 Å². The largest absolute Gasteiger partial charge is 0.388 e. The minimum Gasteiger partial charge on any atom is -0.388 e. The molecule has 0 unspecified atom stereocenters. The Hall–Kier alpha value is -2.38. The van der Waals surface area contributed by atoms with Crippen LogP contribution >= 0.6 is 0 Å². The van der Waals surface area contributed by atoms with E-state index in [1.165, 1.54) is 33.4 Å². The van der Waals surface area contributed by atoms with Crippen LogP contribution in [0.2, 0.25) is 0 Å². The molecule has 0 N–H and O–H groups in total. The Morgan fingerprint density at radius 2 is 0.808 bits per heavy atom. The number of hydrogen-bond acceptors (Lipinski definition) is 1. The third kappa shape index (κ3) is 8.13. The molecule has 26 heavy (non-hydrogen) atoms. The quantitative estimate of drug-likeness (QED) is 0.516. The van der Waals surface area contributed by atoms with E-state index in [1.54, 1.807) is 14.2 Å². The maximum Gasteiger partial charge on any atom is 0.0351 e. The molecule has 0 radical (unpaired) electrons. The Morgan fingerprint density at radius 1 is 0.538 bits per heavy atom. The first-order valence-corrected chi connectivity index (χ1v) is 9.00. The van der Waals surface area contributed by atoms with Crippen LogP contribution in [0, 0.1) is 27.7 Å². The summed E-state index contributed by atoms with van der Waals surface area (Å²) in [6, 6.07) is 25.5. The van der Waals surface area contributed by atoms with Gasteiger partial charge in [0, 0.05) is 14.2 Å². The molecule has 3 aromatic rings. The first-order valence-electron chi connectivity index (χ1n) is 9.00. The summed E-state index contributed by atoms with van der Waals surface area (Å²) in [4.78, 5) is 0. The molecular weight excluding hydrogens is 316 g/mol. The Labute approximate surface area is 159 Å². The van der Waals surface area contributed by atoms with Crippen molar-refractivity contribution in [1.29, 1.82) is 0 Å². The summed E-state index contributed by atoms with van der Waals surface area (Å²) in [5.41, 5.74) is 8.31. The number of hydrogen-bond donors (Lipinski definition) is 0. The third-order valence-corrected chi connectivity index (χ3v) is 4.20. The van der Waals surface area contributed by atoms with Gasteiger partial charge in [-0.2, -0.15) is 0 Å². The van der Waals surface area contributed by atoms with Gasteiger partial charge in [-0.1, -0.05) is 72.8 Å². The molecule has 3 aromatic carbocycles. The number of benzene rings is 3. The van der Waals surface area contributed by atoms with E-state index >= 15 is 0 Å². The highest BCUT2D eigenvalue weighted by atomic mass is 16.4. The van der Waals surface area contributed by atoms with Crippen LogP contribution in [-0.2, 0) is 11.2 Å². The molecule has 0 bridgehead atoms. The van der Waals surface area contributed by atoms with Gasteiger partial charge in [0.05, 0.1) is 0 Å². The predicted molar refractivity (Wildman–Crippen MR) is 114 cm³/mol. The molecule has 0 atom stereocenters. The van der Waals surface area contributed by atoms with Crippen molar-refractivity contribution in [2.45, 2.75) is 34.1 Å². The molecule has 0 saturated carbocycles. The van der Waals surface area contributed by atoms with Crippen molar-refractivity contribution in [2.24, 2.45) is 0 Å². The van der Waals surface area contributed by atoms with Gasteiger partial charge < -0.3 is 4.74 Å². The minimum atomic E-state index is 1.03. The van der Waals surface area contributed by atoms with Crippen molar-refractivity contribution in [1.82, 2.24) is 0 Å². The second-order valence-electron chi connectivity index (χ2n) is 6.58. The molecule has 0 saturated heterocycles. The fourth-order valence-electron chi connectivity index (χ4n) is 2.53. The van der Waals surface area contributed by atoms with E-state index in [0.29, 0.717) is 0 Å². The summed E-state index contributed by atoms with van der Waals surface area (Å²) in [6.45, 7) is 8.62. The van der Waals surface area contributed by atoms with Gasteiger partial charge in [0.15, 0.2) is 0 Å². The molecule has 138 valence electrons. The zero-order valence-corrected chi connectivity index (χ0v) is 17.0. The average molecular weight is 349 g/mol. The van der Waals surface area contributed by atoms with Crippen LogP contribution in [0.25, 0.3) is 0 Å². The van der Waals surface area contributed by atoms with Gasteiger partial charge in [0.1, 0.15) is 0 Å². The summed E-state index contributed by atoms with van der Waals surface area (Å²) < 4.78 is 4.25. The predicted octanol–water partition coefficient (Wildman–Crippen LogP) is 6.46. The summed E-state index contributed by atoms with van der Waals surface area (Å²) in [5.74, 6) is 0. The Kier molecular flexibility index (Phi) is 10.0. The van der Waals surface area contributed by atoms with Gasteiger partial charge in [-0.25, -0.2) is 0 Å². The van der Waals surface area contributed by atoms with Gasteiger partial charge in [0.2, 0.25) is 0 Å². The van der Waals surface area contributed by atoms with E-state index in [-0.39, 0.29) is 0 Å². The van der Waals surface area contributed by atoms with Crippen LogP contribution in [0.15, 0.2) is 72.8 Å². The molecule has 0 spiro atoms. The molecular formula is C25H32O. The lowest BCUT2D eigenvalue weighted by Crippen LogP contribution is -1.86. The molecule has 3 rings (SSSR count). The molecule has 0 fully saturated rings. The normalized spacial score (nSPS) is 9.46. The van der Waals surface area contributed by atoms with E-state index in [1.807, 2.05) is 0 Å². The summed E-state index contributed by atoms with van der Waals surface area (Å²) in [6.07, 6.45) is 1.03. The first kappa shape index (κ1) is 21.7. The maximum absolute atomic E-state index is 4.25. The molecule has 0 aromatic heterocycles. The van der Waals surface area contributed by atoms with E-state index in [0.717, 1.165) is 6.42 Å². The third-order valence-electron chi connectivity index (χ3n) is 4.20. The monoisotopic (exact) mass is 348 g/mol. The topological polar surface area (TPSA) is 9.23 Å². The highest BCUT2D eigenvalue weighted by Crippen LogP contribution is 2.13. The van der Waals surface area contributed by atoms with E-state index in [9.17, 15) is 0 Å². The van der Waals surface area contributed by atoms with Gasteiger partial charge >= 0.3 is 0 Å². The van der Waals surface area contributed by atoms with Crippen LogP contribution in [0.1, 0.15) is 33.4 Å². The van der Waals surface area contributed by atoms with Crippen molar-refractivity contribution in [2.75, 3.05) is 14.2 Å². The van der Waals surface area contributed by atoms with Gasteiger partial charge in [0.25, 0.3) is 0 Å². The smallest absolute Gasteiger partial charge is 0.0351 e. The lowest BCUT2D eigenvalue weighted by molar-refractivity contribution is 0.277. The zero-order chi connectivity index (χ0) is 19.4. The molecule has 0 amide bonds. The summed E-state index contributed by atoms with van der Waals surface area (Å²) >= 11 is 0. The summed E-state index contributed by atoms with van der Waals surface area (Å²) in [7, 11) is 3.25. The highest BCUT2D eigenvalue weighted by Gasteiger charge is 1.95. The second kappa shape index (κ2) is 12.1. The fraction of sp³-hybridized carbons (Fsp3) is 0.280.